The number of carboxylic acids is 1. The van der Waals surface area contributed by atoms with Crippen LogP contribution in [0.5, 0.6) is 0 Å². The number of hydrogen-bond acceptors (Lipinski definition) is 5. The number of fused-ring (bicyclic) bond motifs is 1. The highest BCUT2D eigenvalue weighted by Crippen LogP contribution is 2.26. The van der Waals surface area contributed by atoms with Gasteiger partial charge in [0, 0.05) is 18.8 Å². The van der Waals surface area contributed by atoms with Gasteiger partial charge in [0.25, 0.3) is 15.9 Å². The van der Waals surface area contributed by atoms with Crippen molar-refractivity contribution in [2.75, 3.05) is 12.3 Å². The Balaban J connectivity index is 1.65. The molecule has 0 spiro atoms. The van der Waals surface area contributed by atoms with Gasteiger partial charge in [-0.2, -0.15) is 0 Å². The summed E-state index contributed by atoms with van der Waals surface area (Å²) < 4.78 is 26.5. The van der Waals surface area contributed by atoms with Gasteiger partial charge in [-0.25, -0.2) is 8.42 Å². The van der Waals surface area contributed by atoms with E-state index in [1.807, 2.05) is 0 Å². The predicted octanol–water partition coefficient (Wildman–Crippen LogP) is -0.146. The van der Waals surface area contributed by atoms with E-state index >= 15 is 0 Å². The van der Waals surface area contributed by atoms with Crippen molar-refractivity contribution < 1.29 is 23.1 Å². The van der Waals surface area contributed by atoms with E-state index < -0.39 is 21.9 Å². The molecule has 2 aliphatic heterocycles. The van der Waals surface area contributed by atoms with E-state index in [2.05, 4.69) is 9.71 Å². The van der Waals surface area contributed by atoms with Gasteiger partial charge in [-0.05, 0) is 31.4 Å². The van der Waals surface area contributed by atoms with Crippen LogP contribution in [-0.2, 0) is 19.6 Å². The standard InChI is InChI=1S/C14H17N3O5S/c18-13(15-11-3-1-9(7-11)14(19)20)10-2-4-12-16-23(21,22)6-5-17(12)8-10/h2,4,8-9,11H,1,3,5-7H2,(H,15,18)(H,19,20)/t9-,11+/m1/s1. The number of nitrogens with zero attached hydrogens (tertiary/aromatic N) is 2. The zero-order chi connectivity index (χ0) is 16.6. The number of nitrogens with one attached hydrogen (secondary N) is 1. The molecule has 3 rings (SSSR count). The summed E-state index contributed by atoms with van der Waals surface area (Å²) in [6, 6.07) is -0.144. The maximum atomic E-state index is 12.3. The highest BCUT2D eigenvalue weighted by Gasteiger charge is 2.31. The maximum Gasteiger partial charge on any atom is 0.306 e. The molecule has 1 aliphatic carbocycles. The van der Waals surface area contributed by atoms with Gasteiger partial charge < -0.3 is 15.3 Å². The third kappa shape index (κ3) is 3.44. The molecule has 23 heavy (non-hydrogen) atoms. The van der Waals surface area contributed by atoms with E-state index in [0.717, 1.165) is 0 Å². The Labute approximate surface area is 133 Å². The van der Waals surface area contributed by atoms with E-state index in [-0.39, 0.29) is 24.2 Å². The molecule has 2 N–H and O–H groups in total. The molecule has 0 aromatic rings. The second-order valence-electron chi connectivity index (χ2n) is 5.87. The quantitative estimate of drug-likeness (QED) is 0.739. The molecular formula is C14H17N3O5S. The van der Waals surface area contributed by atoms with E-state index in [4.69, 9.17) is 5.11 Å². The first-order chi connectivity index (χ1) is 10.8. The largest absolute Gasteiger partial charge is 0.481 e. The van der Waals surface area contributed by atoms with Crippen LogP contribution < -0.4 is 5.32 Å². The SMILES string of the molecule is O=C(N[C@H]1CC[C@@H](C(=O)O)C1)C1=CN2CCS(=O)(=O)N=C2C=C1. The van der Waals surface area contributed by atoms with Crippen molar-refractivity contribution in [3.8, 4) is 0 Å². The minimum absolute atomic E-state index is 0.0847. The third-order valence-corrected chi connectivity index (χ3v) is 5.37. The molecule has 8 nitrogen and oxygen atoms in total. The summed E-state index contributed by atoms with van der Waals surface area (Å²) in [4.78, 5) is 24.8. The van der Waals surface area contributed by atoms with Gasteiger partial charge in [-0.3, -0.25) is 9.59 Å². The minimum atomic E-state index is -3.41. The Kier molecular flexibility index (Phi) is 3.97. The highest BCUT2D eigenvalue weighted by atomic mass is 32.2. The summed E-state index contributed by atoms with van der Waals surface area (Å²) in [5, 5.41) is 11.8. The number of amidine groups is 1. The average molecular weight is 339 g/mol. The van der Waals surface area contributed by atoms with Crippen molar-refractivity contribution >= 4 is 27.7 Å². The van der Waals surface area contributed by atoms with Gasteiger partial charge in [-0.1, -0.05) is 0 Å². The Morgan fingerprint density at radius 3 is 2.78 bits per heavy atom. The van der Waals surface area contributed by atoms with Crippen molar-refractivity contribution in [3.63, 3.8) is 0 Å². The minimum Gasteiger partial charge on any atom is -0.481 e. The van der Waals surface area contributed by atoms with Gasteiger partial charge >= 0.3 is 5.97 Å². The molecule has 2 atom stereocenters. The maximum absolute atomic E-state index is 12.3. The van der Waals surface area contributed by atoms with Crippen LogP contribution >= 0.6 is 0 Å². The number of hydrogen-bond donors (Lipinski definition) is 2. The molecule has 1 fully saturated rings. The van der Waals surface area contributed by atoms with Crippen LogP contribution in [0.3, 0.4) is 0 Å². The second kappa shape index (κ2) is 5.80. The first-order valence-electron chi connectivity index (χ1n) is 7.37. The summed E-state index contributed by atoms with van der Waals surface area (Å²) in [6.07, 6.45) is 6.25. The molecule has 0 unspecified atom stereocenters. The topological polar surface area (TPSA) is 116 Å². The lowest BCUT2D eigenvalue weighted by Crippen LogP contribution is -2.39. The molecule has 0 aromatic carbocycles. The van der Waals surface area contributed by atoms with Crippen molar-refractivity contribution in [2.24, 2.45) is 10.3 Å². The Morgan fingerprint density at radius 2 is 2.09 bits per heavy atom. The smallest absolute Gasteiger partial charge is 0.306 e. The summed E-state index contributed by atoms with van der Waals surface area (Å²) >= 11 is 0. The molecule has 0 radical (unpaired) electrons. The van der Waals surface area contributed by atoms with Crippen molar-refractivity contribution in [1.29, 1.82) is 0 Å². The van der Waals surface area contributed by atoms with Crippen LogP contribution in [-0.4, -0.2) is 54.5 Å². The van der Waals surface area contributed by atoms with Crippen LogP contribution in [0, 0.1) is 5.92 Å². The average Bonchev–Trinajstić information content (AvgIpc) is 2.94. The second-order valence-corrected chi connectivity index (χ2v) is 7.62. The van der Waals surface area contributed by atoms with E-state index in [1.165, 1.54) is 12.2 Å². The van der Waals surface area contributed by atoms with Crippen molar-refractivity contribution in [1.82, 2.24) is 10.2 Å². The van der Waals surface area contributed by atoms with E-state index in [9.17, 15) is 18.0 Å². The van der Waals surface area contributed by atoms with Gasteiger partial charge in [0.15, 0.2) is 0 Å². The van der Waals surface area contributed by atoms with E-state index in [1.54, 1.807) is 11.1 Å². The predicted molar refractivity (Wildman–Crippen MR) is 82.1 cm³/mol. The Bertz CT molecular complexity index is 738. The molecule has 0 saturated heterocycles. The van der Waals surface area contributed by atoms with E-state index in [0.29, 0.717) is 30.7 Å². The van der Waals surface area contributed by atoms with Crippen LogP contribution in [0.2, 0.25) is 0 Å². The first-order valence-corrected chi connectivity index (χ1v) is 8.98. The van der Waals surface area contributed by atoms with Gasteiger partial charge in [0.05, 0.1) is 17.2 Å². The summed E-state index contributed by atoms with van der Waals surface area (Å²) in [6.45, 7) is 0.257. The lowest BCUT2D eigenvalue weighted by Gasteiger charge is -2.27. The Morgan fingerprint density at radius 1 is 1.30 bits per heavy atom. The zero-order valence-electron chi connectivity index (χ0n) is 12.3. The van der Waals surface area contributed by atoms with Gasteiger partial charge in [-0.15, -0.1) is 4.40 Å². The number of sulfonamides is 1. The van der Waals surface area contributed by atoms with Crippen LogP contribution in [0.15, 0.2) is 28.3 Å². The Hall–Kier alpha value is -2.16. The monoisotopic (exact) mass is 339 g/mol. The number of aliphatic carboxylic acids is 1. The van der Waals surface area contributed by atoms with Crippen LogP contribution in [0.25, 0.3) is 0 Å². The molecule has 1 amide bonds. The molecule has 0 bridgehead atoms. The van der Waals surface area contributed by atoms with Crippen molar-refractivity contribution in [2.45, 2.75) is 25.3 Å². The van der Waals surface area contributed by atoms with Crippen molar-refractivity contribution in [3.05, 3.63) is 23.9 Å². The molecule has 1 saturated carbocycles. The van der Waals surface area contributed by atoms with Gasteiger partial charge in [0.2, 0.25) is 0 Å². The normalized spacial score (nSPS) is 28.6. The molecule has 3 aliphatic rings. The number of rotatable bonds is 3. The third-order valence-electron chi connectivity index (χ3n) is 4.20. The lowest BCUT2D eigenvalue weighted by atomic mass is 10.1. The van der Waals surface area contributed by atoms with Crippen LogP contribution in [0.1, 0.15) is 19.3 Å². The fourth-order valence-electron chi connectivity index (χ4n) is 2.94. The molecule has 2 heterocycles. The first kappa shape index (κ1) is 15.7. The zero-order valence-corrected chi connectivity index (χ0v) is 13.1. The number of carbonyl (C=O) groups excluding carboxylic acids is 1. The number of amides is 1. The summed E-state index contributed by atoms with van der Waals surface area (Å²) in [5.74, 6) is -1.29. The fourth-order valence-corrected chi connectivity index (χ4v) is 3.91. The van der Waals surface area contributed by atoms with Crippen LogP contribution in [0.4, 0.5) is 0 Å². The molecule has 0 aromatic heterocycles. The fraction of sp³-hybridized carbons (Fsp3) is 0.500. The number of carboxylic acid groups (broad SMARTS) is 1. The molecule has 124 valence electrons. The lowest BCUT2D eigenvalue weighted by molar-refractivity contribution is -0.141. The number of carbonyl (C=O) groups is 2. The summed E-state index contributed by atoms with van der Waals surface area (Å²) in [5.41, 5.74) is 0.405. The summed E-state index contributed by atoms with van der Waals surface area (Å²) in [7, 11) is -3.41. The molecule has 9 heteroatoms. The van der Waals surface area contributed by atoms with Gasteiger partial charge in [0.1, 0.15) is 5.84 Å². The highest BCUT2D eigenvalue weighted by molar-refractivity contribution is 7.90. The molecular weight excluding hydrogens is 322 g/mol.